The second kappa shape index (κ2) is 5.25. The molecule has 0 spiro atoms. The minimum Gasteiger partial charge on any atom is -0.335 e. The molecule has 102 valence electrons. The first-order valence-electron chi connectivity index (χ1n) is 6.97. The molecule has 1 heterocycles. The van der Waals surface area contributed by atoms with Gasteiger partial charge in [0.2, 0.25) is 5.91 Å². The number of hydrogen-bond donors (Lipinski definition) is 1. The molecule has 3 rings (SSSR count). The summed E-state index contributed by atoms with van der Waals surface area (Å²) >= 11 is 3.44. The fraction of sp³-hybridized carbons (Fsp3) is 0.533. The summed E-state index contributed by atoms with van der Waals surface area (Å²) in [5.74, 6) is 0.266. The number of halogens is 1. The zero-order chi connectivity index (χ0) is 13.4. The molecule has 1 amide bonds. The molecular formula is C15H19BrN2O. The van der Waals surface area contributed by atoms with E-state index in [2.05, 4.69) is 40.3 Å². The number of hydrogen-bond acceptors (Lipinski definition) is 2. The van der Waals surface area contributed by atoms with Gasteiger partial charge < -0.3 is 10.2 Å². The predicted octanol–water partition coefficient (Wildman–Crippen LogP) is 2.86. The van der Waals surface area contributed by atoms with Gasteiger partial charge in [0.25, 0.3) is 0 Å². The van der Waals surface area contributed by atoms with Crippen LogP contribution in [0, 0.1) is 0 Å². The summed E-state index contributed by atoms with van der Waals surface area (Å²) in [5, 5.41) is 3.45. The lowest BCUT2D eigenvalue weighted by molar-refractivity contribution is -0.131. The Morgan fingerprint density at radius 2 is 1.95 bits per heavy atom. The van der Waals surface area contributed by atoms with E-state index in [0.717, 1.165) is 17.4 Å². The summed E-state index contributed by atoms with van der Waals surface area (Å²) in [6, 6.07) is 9.04. The van der Waals surface area contributed by atoms with Crippen LogP contribution in [0.15, 0.2) is 28.7 Å². The van der Waals surface area contributed by atoms with Gasteiger partial charge in [-0.1, -0.05) is 28.1 Å². The van der Waals surface area contributed by atoms with Crippen LogP contribution in [-0.2, 0) is 4.79 Å². The highest BCUT2D eigenvalue weighted by Gasteiger charge is 2.37. The molecule has 1 aromatic carbocycles. The summed E-state index contributed by atoms with van der Waals surface area (Å²) in [4.78, 5) is 14.4. The molecule has 0 aromatic heterocycles. The number of rotatable bonds is 4. The molecule has 0 radical (unpaired) electrons. The van der Waals surface area contributed by atoms with Crippen molar-refractivity contribution in [2.45, 2.75) is 44.3 Å². The van der Waals surface area contributed by atoms with Crippen LogP contribution >= 0.6 is 15.9 Å². The van der Waals surface area contributed by atoms with Crippen LogP contribution < -0.4 is 5.32 Å². The van der Waals surface area contributed by atoms with Gasteiger partial charge in [-0.2, -0.15) is 0 Å². The van der Waals surface area contributed by atoms with Gasteiger partial charge >= 0.3 is 0 Å². The lowest BCUT2D eigenvalue weighted by Gasteiger charge is -2.25. The summed E-state index contributed by atoms with van der Waals surface area (Å²) in [7, 11) is 0. The predicted molar refractivity (Wildman–Crippen MR) is 78.8 cm³/mol. The standard InChI is InChI=1S/C15H19BrN2O/c1-10(11-2-4-12(16)5-3-11)18-9-8-14(15(18)19)17-13-6-7-13/h2-5,10,13-14,17H,6-9H2,1H3. The number of carbonyl (C=O) groups is 1. The van der Waals surface area contributed by atoms with Crippen LogP contribution in [0.5, 0.6) is 0 Å². The molecular weight excluding hydrogens is 304 g/mol. The molecule has 0 bridgehead atoms. The molecule has 2 aliphatic rings. The van der Waals surface area contributed by atoms with Crippen molar-refractivity contribution in [3.05, 3.63) is 34.3 Å². The van der Waals surface area contributed by atoms with Gasteiger partial charge in [0.15, 0.2) is 0 Å². The number of carbonyl (C=O) groups excluding carboxylic acids is 1. The Labute approximate surface area is 122 Å². The highest BCUT2D eigenvalue weighted by Crippen LogP contribution is 2.28. The second-order valence-electron chi connectivity index (χ2n) is 5.54. The molecule has 1 N–H and O–H groups in total. The summed E-state index contributed by atoms with van der Waals surface area (Å²) in [6.07, 6.45) is 3.40. The van der Waals surface area contributed by atoms with E-state index in [1.807, 2.05) is 17.0 Å². The van der Waals surface area contributed by atoms with Crippen molar-refractivity contribution in [1.82, 2.24) is 10.2 Å². The van der Waals surface area contributed by atoms with E-state index in [1.165, 1.54) is 18.4 Å². The lowest BCUT2D eigenvalue weighted by Crippen LogP contribution is -2.40. The van der Waals surface area contributed by atoms with Gasteiger partial charge in [0, 0.05) is 17.1 Å². The molecule has 2 fully saturated rings. The molecule has 1 aliphatic heterocycles. The van der Waals surface area contributed by atoms with Gasteiger partial charge in [-0.15, -0.1) is 0 Å². The molecule has 1 saturated heterocycles. The van der Waals surface area contributed by atoms with Crippen LogP contribution in [-0.4, -0.2) is 29.4 Å². The van der Waals surface area contributed by atoms with E-state index < -0.39 is 0 Å². The maximum Gasteiger partial charge on any atom is 0.240 e. The molecule has 4 heteroatoms. The highest BCUT2D eigenvalue weighted by molar-refractivity contribution is 9.10. The summed E-state index contributed by atoms with van der Waals surface area (Å²) < 4.78 is 1.07. The maximum atomic E-state index is 12.4. The first-order chi connectivity index (χ1) is 9.15. The number of nitrogens with one attached hydrogen (secondary N) is 1. The van der Waals surface area contributed by atoms with E-state index in [9.17, 15) is 4.79 Å². The zero-order valence-electron chi connectivity index (χ0n) is 11.1. The van der Waals surface area contributed by atoms with E-state index in [-0.39, 0.29) is 18.0 Å². The number of benzene rings is 1. The Hall–Kier alpha value is -0.870. The SMILES string of the molecule is CC(c1ccc(Br)cc1)N1CCC(NC2CC2)C1=O. The molecule has 19 heavy (non-hydrogen) atoms. The van der Waals surface area contributed by atoms with Gasteiger partial charge in [-0.05, 0) is 43.9 Å². The van der Waals surface area contributed by atoms with Gasteiger partial charge in [-0.3, -0.25) is 4.79 Å². The average molecular weight is 323 g/mol. The minimum atomic E-state index is 0.0467. The number of likely N-dealkylation sites (tertiary alicyclic amines) is 1. The second-order valence-corrected chi connectivity index (χ2v) is 6.46. The maximum absolute atomic E-state index is 12.4. The Bertz CT molecular complexity index is 470. The van der Waals surface area contributed by atoms with Crippen molar-refractivity contribution < 1.29 is 4.79 Å². The highest BCUT2D eigenvalue weighted by atomic mass is 79.9. The van der Waals surface area contributed by atoms with E-state index in [4.69, 9.17) is 0 Å². The summed E-state index contributed by atoms with van der Waals surface area (Å²) in [6.45, 7) is 2.97. The monoisotopic (exact) mass is 322 g/mol. The normalized spacial score (nSPS) is 24.8. The molecule has 1 saturated carbocycles. The fourth-order valence-electron chi connectivity index (χ4n) is 2.70. The Kier molecular flexibility index (Phi) is 3.63. The van der Waals surface area contributed by atoms with E-state index in [0.29, 0.717) is 6.04 Å². The van der Waals surface area contributed by atoms with Crippen molar-refractivity contribution in [3.8, 4) is 0 Å². The zero-order valence-corrected chi connectivity index (χ0v) is 12.7. The van der Waals surface area contributed by atoms with Crippen molar-refractivity contribution in [1.29, 1.82) is 0 Å². The first kappa shape index (κ1) is 13.1. The first-order valence-corrected chi connectivity index (χ1v) is 7.76. The van der Waals surface area contributed by atoms with E-state index in [1.54, 1.807) is 0 Å². The Morgan fingerprint density at radius 3 is 2.58 bits per heavy atom. The van der Waals surface area contributed by atoms with Gasteiger partial charge in [-0.25, -0.2) is 0 Å². The van der Waals surface area contributed by atoms with Gasteiger partial charge in [0.1, 0.15) is 0 Å². The third-order valence-electron chi connectivity index (χ3n) is 4.07. The largest absolute Gasteiger partial charge is 0.335 e. The lowest BCUT2D eigenvalue weighted by atomic mass is 10.1. The number of nitrogens with zero attached hydrogens (tertiary/aromatic N) is 1. The quantitative estimate of drug-likeness (QED) is 0.924. The van der Waals surface area contributed by atoms with Crippen LogP contribution in [0.25, 0.3) is 0 Å². The minimum absolute atomic E-state index is 0.0467. The Morgan fingerprint density at radius 1 is 1.26 bits per heavy atom. The number of amides is 1. The third kappa shape index (κ3) is 2.84. The smallest absolute Gasteiger partial charge is 0.240 e. The van der Waals surface area contributed by atoms with Crippen LogP contribution in [0.4, 0.5) is 0 Å². The Balaban J connectivity index is 1.68. The van der Waals surface area contributed by atoms with Crippen molar-refractivity contribution in [3.63, 3.8) is 0 Å². The van der Waals surface area contributed by atoms with Crippen LogP contribution in [0.2, 0.25) is 0 Å². The third-order valence-corrected chi connectivity index (χ3v) is 4.60. The van der Waals surface area contributed by atoms with Crippen LogP contribution in [0.1, 0.15) is 37.8 Å². The van der Waals surface area contributed by atoms with Crippen molar-refractivity contribution in [2.75, 3.05) is 6.54 Å². The molecule has 2 unspecified atom stereocenters. The van der Waals surface area contributed by atoms with E-state index >= 15 is 0 Å². The van der Waals surface area contributed by atoms with Crippen LogP contribution in [0.3, 0.4) is 0 Å². The summed E-state index contributed by atoms with van der Waals surface area (Å²) in [5.41, 5.74) is 1.20. The molecule has 3 nitrogen and oxygen atoms in total. The molecule has 1 aromatic rings. The molecule has 2 atom stereocenters. The average Bonchev–Trinajstić information content (AvgIpc) is 3.15. The topological polar surface area (TPSA) is 32.3 Å². The van der Waals surface area contributed by atoms with Crippen molar-refractivity contribution in [2.24, 2.45) is 0 Å². The molecule has 1 aliphatic carbocycles. The van der Waals surface area contributed by atoms with Crippen molar-refractivity contribution >= 4 is 21.8 Å². The van der Waals surface area contributed by atoms with Gasteiger partial charge in [0.05, 0.1) is 12.1 Å². The fourth-order valence-corrected chi connectivity index (χ4v) is 2.96.